The highest BCUT2D eigenvalue weighted by Gasteiger charge is 2.41. The van der Waals surface area contributed by atoms with E-state index in [2.05, 4.69) is 0 Å². The fraction of sp³-hybridized carbons (Fsp3) is 0.538. The highest BCUT2D eigenvalue weighted by atomic mass is 32.2. The molecule has 2 aliphatic rings. The van der Waals surface area contributed by atoms with Crippen molar-refractivity contribution in [3.8, 4) is 5.75 Å². The minimum atomic E-state index is -3.06. The van der Waals surface area contributed by atoms with E-state index in [1.165, 1.54) is 0 Å². The molecule has 2 fully saturated rings. The molecule has 1 aliphatic heterocycles. The summed E-state index contributed by atoms with van der Waals surface area (Å²) in [6.45, 7) is 2.27. The molecule has 0 spiro atoms. The van der Waals surface area contributed by atoms with E-state index < -0.39 is 10.0 Å². The topological polar surface area (TPSA) is 60.9 Å². The monoisotopic (exact) mass is 282 g/mol. The van der Waals surface area contributed by atoms with Gasteiger partial charge in [0.2, 0.25) is 10.0 Å². The third-order valence-electron chi connectivity index (χ3n) is 3.77. The van der Waals surface area contributed by atoms with Crippen molar-refractivity contribution in [1.82, 2.24) is 4.31 Å². The van der Waals surface area contributed by atoms with Crippen molar-refractivity contribution >= 4 is 15.7 Å². The van der Waals surface area contributed by atoms with Gasteiger partial charge in [0.15, 0.2) is 0 Å². The van der Waals surface area contributed by atoms with Gasteiger partial charge in [-0.2, -0.15) is 4.31 Å². The Hall–Kier alpha value is -1.27. The summed E-state index contributed by atoms with van der Waals surface area (Å²) < 4.78 is 25.8. The lowest BCUT2D eigenvalue weighted by atomic mass is 10.2. The maximum absolute atomic E-state index is 12.1. The Labute approximate surface area is 113 Å². The first-order chi connectivity index (χ1) is 9.09. The minimum absolute atomic E-state index is 0.135. The quantitative estimate of drug-likeness (QED) is 0.898. The second-order valence-electron chi connectivity index (χ2n) is 5.12. The van der Waals surface area contributed by atoms with Crippen molar-refractivity contribution in [2.45, 2.75) is 18.1 Å². The lowest BCUT2D eigenvalue weighted by Gasteiger charge is -2.35. The van der Waals surface area contributed by atoms with Gasteiger partial charge in [0.25, 0.3) is 0 Å². The van der Waals surface area contributed by atoms with Crippen LogP contribution in [0, 0.1) is 0 Å². The second kappa shape index (κ2) is 4.68. The van der Waals surface area contributed by atoms with Crippen LogP contribution >= 0.6 is 0 Å². The third-order valence-corrected chi connectivity index (χ3v) is 6.17. The van der Waals surface area contributed by atoms with E-state index in [0.29, 0.717) is 26.2 Å². The largest absolute Gasteiger partial charge is 0.506 e. The van der Waals surface area contributed by atoms with Crippen LogP contribution in [0.25, 0.3) is 0 Å². The van der Waals surface area contributed by atoms with E-state index in [1.807, 2.05) is 17.0 Å². The van der Waals surface area contributed by atoms with E-state index in [4.69, 9.17) is 0 Å². The van der Waals surface area contributed by atoms with E-state index in [1.54, 1.807) is 16.4 Å². The molecule has 0 amide bonds. The SMILES string of the molecule is O=S(=O)(C1CC1)N1CCN(c2ccccc2O)CC1. The lowest BCUT2D eigenvalue weighted by Crippen LogP contribution is -2.49. The number of sulfonamides is 1. The molecule has 0 unspecified atom stereocenters. The first kappa shape index (κ1) is 12.7. The minimum Gasteiger partial charge on any atom is -0.506 e. The van der Waals surface area contributed by atoms with Gasteiger partial charge in [-0.3, -0.25) is 0 Å². The molecule has 1 aromatic rings. The van der Waals surface area contributed by atoms with Crippen LogP contribution in [0.15, 0.2) is 24.3 Å². The van der Waals surface area contributed by atoms with Crippen molar-refractivity contribution in [1.29, 1.82) is 0 Å². The summed E-state index contributed by atoms with van der Waals surface area (Å²) in [4.78, 5) is 2.04. The van der Waals surface area contributed by atoms with Crippen molar-refractivity contribution in [2.75, 3.05) is 31.1 Å². The first-order valence-corrected chi connectivity index (χ1v) is 8.11. The summed E-state index contributed by atoms with van der Waals surface area (Å²) in [5.41, 5.74) is 0.783. The molecule has 1 aromatic carbocycles. The molecule has 1 aliphatic carbocycles. The maximum Gasteiger partial charge on any atom is 0.217 e. The molecule has 3 rings (SSSR count). The van der Waals surface area contributed by atoms with Gasteiger partial charge in [-0.15, -0.1) is 0 Å². The van der Waals surface area contributed by atoms with E-state index in [9.17, 15) is 13.5 Å². The zero-order valence-corrected chi connectivity index (χ0v) is 11.5. The van der Waals surface area contributed by atoms with Gasteiger partial charge in [-0.1, -0.05) is 12.1 Å². The summed E-state index contributed by atoms with van der Waals surface area (Å²) >= 11 is 0. The van der Waals surface area contributed by atoms with Crippen LogP contribution in [0.5, 0.6) is 5.75 Å². The number of hydrogen-bond donors (Lipinski definition) is 1. The Bertz CT molecular complexity index is 561. The average Bonchev–Trinajstić information content (AvgIpc) is 3.24. The Morgan fingerprint density at radius 2 is 1.68 bits per heavy atom. The van der Waals surface area contributed by atoms with E-state index in [-0.39, 0.29) is 11.0 Å². The molecule has 19 heavy (non-hydrogen) atoms. The Balaban J connectivity index is 1.68. The number of aromatic hydroxyl groups is 1. The zero-order valence-electron chi connectivity index (χ0n) is 10.7. The van der Waals surface area contributed by atoms with Crippen LogP contribution in [0.4, 0.5) is 5.69 Å². The third kappa shape index (κ3) is 2.42. The smallest absolute Gasteiger partial charge is 0.217 e. The number of anilines is 1. The van der Waals surface area contributed by atoms with E-state index >= 15 is 0 Å². The number of para-hydroxylation sites is 2. The number of benzene rings is 1. The van der Waals surface area contributed by atoms with Gasteiger partial charge in [0.05, 0.1) is 10.9 Å². The average molecular weight is 282 g/mol. The second-order valence-corrected chi connectivity index (χ2v) is 7.33. The van der Waals surface area contributed by atoms with Gasteiger partial charge in [0.1, 0.15) is 5.75 Å². The van der Waals surface area contributed by atoms with Crippen molar-refractivity contribution in [3.05, 3.63) is 24.3 Å². The fourth-order valence-corrected chi connectivity index (χ4v) is 4.32. The summed E-state index contributed by atoms with van der Waals surface area (Å²) in [5.74, 6) is 0.251. The molecular formula is C13H18N2O3S. The number of phenols is 1. The number of hydrogen-bond acceptors (Lipinski definition) is 4. The van der Waals surface area contributed by atoms with Gasteiger partial charge >= 0.3 is 0 Å². The van der Waals surface area contributed by atoms with Crippen LogP contribution in [0.3, 0.4) is 0 Å². The number of piperazine rings is 1. The lowest BCUT2D eigenvalue weighted by molar-refractivity contribution is 0.381. The standard InChI is InChI=1S/C13H18N2O3S/c16-13-4-2-1-3-12(13)14-7-9-15(10-8-14)19(17,18)11-5-6-11/h1-4,11,16H,5-10H2. The van der Waals surface area contributed by atoms with Crippen LogP contribution < -0.4 is 4.90 Å². The molecule has 1 saturated carbocycles. The van der Waals surface area contributed by atoms with Gasteiger partial charge in [-0.05, 0) is 25.0 Å². The van der Waals surface area contributed by atoms with Crippen LogP contribution in [0.2, 0.25) is 0 Å². The van der Waals surface area contributed by atoms with Crippen molar-refractivity contribution in [2.24, 2.45) is 0 Å². The Morgan fingerprint density at radius 3 is 2.26 bits per heavy atom. The van der Waals surface area contributed by atoms with Crippen molar-refractivity contribution in [3.63, 3.8) is 0 Å². The van der Waals surface area contributed by atoms with E-state index in [0.717, 1.165) is 18.5 Å². The van der Waals surface area contributed by atoms with Gasteiger partial charge in [-0.25, -0.2) is 8.42 Å². The Kier molecular flexibility index (Phi) is 3.14. The maximum atomic E-state index is 12.1. The number of rotatable bonds is 3. The molecule has 5 nitrogen and oxygen atoms in total. The zero-order chi connectivity index (χ0) is 13.5. The Morgan fingerprint density at radius 1 is 1.05 bits per heavy atom. The van der Waals surface area contributed by atoms with Gasteiger partial charge in [0, 0.05) is 26.2 Å². The summed E-state index contributed by atoms with van der Waals surface area (Å²) in [6.07, 6.45) is 1.62. The highest BCUT2D eigenvalue weighted by Crippen LogP contribution is 2.32. The fourth-order valence-electron chi connectivity index (χ4n) is 2.49. The summed E-state index contributed by atoms with van der Waals surface area (Å²) in [7, 11) is -3.06. The summed E-state index contributed by atoms with van der Waals surface area (Å²) in [6, 6.07) is 7.18. The molecule has 0 atom stereocenters. The molecular weight excluding hydrogens is 264 g/mol. The molecule has 0 radical (unpaired) electrons. The molecule has 1 heterocycles. The molecule has 1 N–H and O–H groups in total. The van der Waals surface area contributed by atoms with Crippen LogP contribution in [0.1, 0.15) is 12.8 Å². The predicted molar refractivity (Wildman–Crippen MR) is 73.8 cm³/mol. The molecule has 0 bridgehead atoms. The summed E-state index contributed by atoms with van der Waals surface area (Å²) in [5, 5.41) is 9.68. The highest BCUT2D eigenvalue weighted by molar-refractivity contribution is 7.90. The molecule has 1 saturated heterocycles. The predicted octanol–water partition coefficient (Wildman–Crippen LogP) is 1.01. The number of nitrogens with zero attached hydrogens (tertiary/aromatic N) is 2. The van der Waals surface area contributed by atoms with Crippen LogP contribution in [-0.4, -0.2) is 49.3 Å². The molecule has 0 aromatic heterocycles. The first-order valence-electron chi connectivity index (χ1n) is 6.61. The van der Waals surface area contributed by atoms with Crippen LogP contribution in [-0.2, 0) is 10.0 Å². The van der Waals surface area contributed by atoms with Gasteiger partial charge < -0.3 is 10.0 Å². The number of phenolic OH excluding ortho intramolecular Hbond substituents is 1. The molecule has 6 heteroatoms. The van der Waals surface area contributed by atoms with Crippen molar-refractivity contribution < 1.29 is 13.5 Å². The normalized spacial score (nSPS) is 21.6. The molecule has 104 valence electrons.